The second-order valence-corrected chi connectivity index (χ2v) is 6.93. The van der Waals surface area contributed by atoms with Crippen LogP contribution in [0.1, 0.15) is 21.9 Å². The van der Waals surface area contributed by atoms with Crippen molar-refractivity contribution in [1.29, 1.82) is 0 Å². The quantitative estimate of drug-likeness (QED) is 0.444. The molecule has 0 fully saturated rings. The van der Waals surface area contributed by atoms with Gasteiger partial charge < -0.3 is 14.5 Å². The molecule has 2 heterocycles. The van der Waals surface area contributed by atoms with E-state index in [0.29, 0.717) is 28.9 Å². The van der Waals surface area contributed by atoms with Crippen molar-refractivity contribution in [2.24, 2.45) is 0 Å². The molecule has 0 bridgehead atoms. The maximum absolute atomic E-state index is 12.9. The van der Waals surface area contributed by atoms with Crippen molar-refractivity contribution in [2.75, 3.05) is 5.32 Å². The van der Waals surface area contributed by atoms with E-state index >= 15 is 0 Å². The topological polar surface area (TPSA) is 69.3 Å². The summed E-state index contributed by atoms with van der Waals surface area (Å²) in [6.07, 6.45) is 1.76. The normalized spacial score (nSPS) is 10.7. The summed E-state index contributed by atoms with van der Waals surface area (Å²) < 4.78 is 25.6. The maximum Gasteiger partial charge on any atom is 0.292 e. The number of carbonyl (C=O) groups is 1. The van der Waals surface area contributed by atoms with Gasteiger partial charge in [-0.1, -0.05) is 23.7 Å². The number of halogens is 2. The molecule has 1 N–H and O–H groups in total. The van der Waals surface area contributed by atoms with E-state index in [1.165, 1.54) is 24.3 Å². The monoisotopic (exact) mass is 425 g/mol. The van der Waals surface area contributed by atoms with Gasteiger partial charge in [0, 0.05) is 17.3 Å². The van der Waals surface area contributed by atoms with Crippen LogP contribution in [-0.2, 0) is 13.2 Å². The molecular formula is C22H17ClFN3O3. The second kappa shape index (κ2) is 8.84. The second-order valence-electron chi connectivity index (χ2n) is 6.49. The SMILES string of the molecule is O=C(Nc1ccn(Cc2cccc(Cl)c2)n1)c1ccc(COc2ccc(F)cc2)o1. The third kappa shape index (κ3) is 5.07. The van der Waals surface area contributed by atoms with Crippen molar-refractivity contribution in [2.45, 2.75) is 13.2 Å². The van der Waals surface area contributed by atoms with Gasteiger partial charge in [-0.25, -0.2) is 4.39 Å². The Hall–Kier alpha value is -3.58. The Labute approximate surface area is 176 Å². The van der Waals surface area contributed by atoms with E-state index in [0.717, 1.165) is 5.56 Å². The number of rotatable bonds is 7. The number of benzene rings is 2. The van der Waals surface area contributed by atoms with E-state index in [-0.39, 0.29) is 18.2 Å². The molecule has 6 nitrogen and oxygen atoms in total. The summed E-state index contributed by atoms with van der Waals surface area (Å²) in [6.45, 7) is 0.648. The summed E-state index contributed by atoms with van der Waals surface area (Å²) >= 11 is 6.00. The number of anilines is 1. The first kappa shape index (κ1) is 19.7. The van der Waals surface area contributed by atoms with E-state index < -0.39 is 5.91 Å². The summed E-state index contributed by atoms with van der Waals surface area (Å²) in [7, 11) is 0. The van der Waals surface area contributed by atoms with Crippen LogP contribution in [0, 0.1) is 5.82 Å². The van der Waals surface area contributed by atoms with Crippen LogP contribution in [0.15, 0.2) is 77.3 Å². The number of furan rings is 1. The number of amides is 1. The van der Waals surface area contributed by atoms with Crippen LogP contribution in [0.3, 0.4) is 0 Å². The van der Waals surface area contributed by atoms with Crippen LogP contribution in [0.4, 0.5) is 10.2 Å². The van der Waals surface area contributed by atoms with Crippen LogP contribution in [0.5, 0.6) is 5.75 Å². The van der Waals surface area contributed by atoms with Gasteiger partial charge in [-0.3, -0.25) is 9.48 Å². The Morgan fingerprint density at radius 1 is 1.13 bits per heavy atom. The van der Waals surface area contributed by atoms with Crippen LogP contribution in [0.2, 0.25) is 5.02 Å². The van der Waals surface area contributed by atoms with Crippen molar-refractivity contribution in [1.82, 2.24) is 9.78 Å². The first-order valence-corrected chi connectivity index (χ1v) is 9.49. The summed E-state index contributed by atoms with van der Waals surface area (Å²) in [5.41, 5.74) is 1.00. The summed E-state index contributed by atoms with van der Waals surface area (Å²) in [5, 5.41) is 7.69. The molecule has 152 valence electrons. The number of nitrogens with one attached hydrogen (secondary N) is 1. The lowest BCUT2D eigenvalue weighted by molar-refractivity contribution is 0.0992. The van der Waals surface area contributed by atoms with Gasteiger partial charge in [0.2, 0.25) is 0 Å². The zero-order valence-corrected chi connectivity index (χ0v) is 16.5. The maximum atomic E-state index is 12.9. The molecule has 0 radical (unpaired) electrons. The molecule has 0 unspecified atom stereocenters. The number of ether oxygens (including phenoxy) is 1. The molecule has 1 amide bonds. The van der Waals surface area contributed by atoms with Gasteiger partial charge in [0.25, 0.3) is 5.91 Å². The zero-order chi connectivity index (χ0) is 20.9. The van der Waals surface area contributed by atoms with E-state index in [9.17, 15) is 9.18 Å². The molecule has 2 aromatic carbocycles. The molecule has 2 aromatic heterocycles. The minimum Gasteiger partial charge on any atom is -0.486 e. The van der Waals surface area contributed by atoms with Crippen molar-refractivity contribution in [3.8, 4) is 5.75 Å². The minimum atomic E-state index is -0.420. The Bertz CT molecular complexity index is 1150. The molecule has 0 spiro atoms. The summed E-state index contributed by atoms with van der Waals surface area (Å²) in [6, 6.07) is 18.0. The average Bonchev–Trinajstić information content (AvgIpc) is 3.37. The Kier molecular flexibility index (Phi) is 5.81. The smallest absolute Gasteiger partial charge is 0.292 e. The van der Waals surface area contributed by atoms with E-state index in [1.807, 2.05) is 24.3 Å². The van der Waals surface area contributed by atoms with E-state index in [1.54, 1.807) is 29.1 Å². The van der Waals surface area contributed by atoms with E-state index in [4.69, 9.17) is 20.8 Å². The number of hydrogen-bond donors (Lipinski definition) is 1. The predicted octanol–water partition coefficient (Wildman–Crippen LogP) is 5.15. The van der Waals surface area contributed by atoms with Crippen molar-refractivity contribution < 1.29 is 18.3 Å². The largest absolute Gasteiger partial charge is 0.486 e. The lowest BCUT2D eigenvalue weighted by Gasteiger charge is -2.04. The van der Waals surface area contributed by atoms with Gasteiger partial charge in [-0.05, 0) is 54.1 Å². The average molecular weight is 426 g/mol. The Morgan fingerprint density at radius 2 is 1.97 bits per heavy atom. The van der Waals surface area contributed by atoms with E-state index in [2.05, 4.69) is 10.4 Å². The van der Waals surface area contributed by atoms with Gasteiger partial charge in [-0.2, -0.15) is 5.10 Å². The number of aromatic nitrogens is 2. The lowest BCUT2D eigenvalue weighted by atomic mass is 10.2. The Morgan fingerprint density at radius 3 is 2.77 bits per heavy atom. The van der Waals surface area contributed by atoms with Gasteiger partial charge in [-0.15, -0.1) is 0 Å². The van der Waals surface area contributed by atoms with Crippen LogP contribution in [0.25, 0.3) is 0 Å². The molecule has 4 rings (SSSR count). The molecule has 0 aliphatic rings. The molecule has 8 heteroatoms. The summed E-state index contributed by atoms with van der Waals surface area (Å²) in [5.74, 6) is 0.755. The highest BCUT2D eigenvalue weighted by atomic mass is 35.5. The van der Waals surface area contributed by atoms with Gasteiger partial charge >= 0.3 is 0 Å². The predicted molar refractivity (Wildman–Crippen MR) is 110 cm³/mol. The third-order valence-corrected chi connectivity index (χ3v) is 4.43. The lowest BCUT2D eigenvalue weighted by Crippen LogP contribution is -2.12. The first-order valence-electron chi connectivity index (χ1n) is 9.11. The van der Waals surface area contributed by atoms with Crippen molar-refractivity contribution in [3.63, 3.8) is 0 Å². The third-order valence-electron chi connectivity index (χ3n) is 4.20. The standard InChI is InChI=1S/C22H17ClFN3O3/c23-16-3-1-2-15(12-16)13-27-11-10-21(26-27)25-22(28)20-9-8-19(30-20)14-29-18-6-4-17(24)5-7-18/h1-12H,13-14H2,(H,25,26,28). The zero-order valence-electron chi connectivity index (χ0n) is 15.7. The highest BCUT2D eigenvalue weighted by molar-refractivity contribution is 6.30. The molecular weight excluding hydrogens is 409 g/mol. The van der Waals surface area contributed by atoms with Gasteiger partial charge in [0.1, 0.15) is 23.9 Å². The molecule has 0 aliphatic heterocycles. The first-order chi connectivity index (χ1) is 14.5. The van der Waals surface area contributed by atoms with Crippen LogP contribution >= 0.6 is 11.6 Å². The fourth-order valence-electron chi connectivity index (χ4n) is 2.78. The molecule has 0 saturated heterocycles. The van der Waals surface area contributed by atoms with Gasteiger partial charge in [0.05, 0.1) is 6.54 Å². The van der Waals surface area contributed by atoms with Gasteiger partial charge in [0.15, 0.2) is 11.6 Å². The highest BCUT2D eigenvalue weighted by Crippen LogP contribution is 2.16. The number of carbonyl (C=O) groups excluding carboxylic acids is 1. The van der Waals surface area contributed by atoms with Crippen LogP contribution < -0.4 is 10.1 Å². The fourth-order valence-corrected chi connectivity index (χ4v) is 2.99. The molecule has 0 atom stereocenters. The van der Waals surface area contributed by atoms with Crippen molar-refractivity contribution >= 4 is 23.3 Å². The molecule has 30 heavy (non-hydrogen) atoms. The van der Waals surface area contributed by atoms with Crippen LogP contribution in [-0.4, -0.2) is 15.7 Å². The minimum absolute atomic E-state index is 0.118. The molecule has 0 aliphatic carbocycles. The summed E-state index contributed by atoms with van der Waals surface area (Å²) in [4.78, 5) is 12.4. The number of hydrogen-bond acceptors (Lipinski definition) is 4. The van der Waals surface area contributed by atoms with Crippen molar-refractivity contribution in [3.05, 3.63) is 101 Å². The molecule has 4 aromatic rings. The molecule has 0 saturated carbocycles. The Balaban J connectivity index is 1.33. The highest BCUT2D eigenvalue weighted by Gasteiger charge is 2.13. The fraction of sp³-hybridized carbons (Fsp3) is 0.0909. The number of nitrogens with zero attached hydrogens (tertiary/aromatic N) is 2.